The summed E-state index contributed by atoms with van der Waals surface area (Å²) < 4.78 is 5.44. The third-order valence-electron chi connectivity index (χ3n) is 2.63. The number of halogens is 1. The lowest BCUT2D eigenvalue weighted by molar-refractivity contribution is 0.237. The van der Waals surface area contributed by atoms with Crippen molar-refractivity contribution in [2.24, 2.45) is 0 Å². The van der Waals surface area contributed by atoms with E-state index in [4.69, 9.17) is 27.9 Å². The maximum atomic E-state index is 9.12. The first kappa shape index (κ1) is 14.8. The number of hydrogen-bond acceptors (Lipinski definition) is 3. The molecule has 0 saturated carbocycles. The smallest absolute Gasteiger partial charge is 0.148 e. The Morgan fingerprint density at radius 1 is 1.56 bits per heavy atom. The molecular weight excluding hydrogens is 250 g/mol. The van der Waals surface area contributed by atoms with Crippen molar-refractivity contribution in [2.45, 2.75) is 25.9 Å². The fourth-order valence-corrected chi connectivity index (χ4v) is 1.73. The van der Waals surface area contributed by atoms with Gasteiger partial charge in [-0.05, 0) is 24.6 Å². The third-order valence-corrected chi connectivity index (χ3v) is 2.86. The molecule has 0 aliphatic rings. The standard InChI is InChI=1S/C14H18ClNO2/c1-3-7-18-14-6-5-12(15)8-11(14)9-16-13(4-2)10-17/h1,5-6,8,13,16-17H,4,7,9-10H2,2H3. The summed E-state index contributed by atoms with van der Waals surface area (Å²) in [6, 6.07) is 5.48. The Balaban J connectivity index is 2.72. The average Bonchev–Trinajstić information content (AvgIpc) is 2.39. The molecule has 1 atom stereocenters. The van der Waals surface area contributed by atoms with E-state index in [9.17, 15) is 0 Å². The van der Waals surface area contributed by atoms with E-state index in [0.29, 0.717) is 11.6 Å². The summed E-state index contributed by atoms with van der Waals surface area (Å²) in [5.41, 5.74) is 0.935. The van der Waals surface area contributed by atoms with Crippen LogP contribution in [0.15, 0.2) is 18.2 Å². The van der Waals surface area contributed by atoms with Crippen LogP contribution in [0.4, 0.5) is 0 Å². The Morgan fingerprint density at radius 2 is 2.33 bits per heavy atom. The fraction of sp³-hybridized carbons (Fsp3) is 0.429. The molecule has 0 fully saturated rings. The molecule has 0 heterocycles. The first-order valence-corrected chi connectivity index (χ1v) is 6.28. The third kappa shape index (κ3) is 4.58. The van der Waals surface area contributed by atoms with E-state index in [0.717, 1.165) is 17.7 Å². The number of aliphatic hydroxyl groups is 1. The van der Waals surface area contributed by atoms with Crippen molar-refractivity contribution in [3.05, 3.63) is 28.8 Å². The molecule has 2 N–H and O–H groups in total. The van der Waals surface area contributed by atoms with Gasteiger partial charge in [0.15, 0.2) is 0 Å². The van der Waals surface area contributed by atoms with E-state index in [-0.39, 0.29) is 19.3 Å². The van der Waals surface area contributed by atoms with Crippen LogP contribution >= 0.6 is 11.6 Å². The summed E-state index contributed by atoms with van der Waals surface area (Å²) in [5.74, 6) is 3.15. The predicted octanol–water partition coefficient (Wildman–Crippen LogP) is 2.21. The summed E-state index contributed by atoms with van der Waals surface area (Å²) >= 11 is 5.96. The molecule has 0 aromatic heterocycles. The summed E-state index contributed by atoms with van der Waals surface area (Å²) in [6.07, 6.45) is 6.03. The van der Waals surface area contributed by atoms with Gasteiger partial charge in [0.2, 0.25) is 0 Å². The van der Waals surface area contributed by atoms with Crippen LogP contribution in [0.1, 0.15) is 18.9 Å². The van der Waals surface area contributed by atoms with Gasteiger partial charge in [-0.25, -0.2) is 0 Å². The van der Waals surface area contributed by atoms with E-state index in [1.807, 2.05) is 13.0 Å². The molecule has 0 amide bonds. The highest BCUT2D eigenvalue weighted by atomic mass is 35.5. The minimum absolute atomic E-state index is 0.0736. The van der Waals surface area contributed by atoms with Crippen molar-refractivity contribution in [3.63, 3.8) is 0 Å². The van der Waals surface area contributed by atoms with Gasteiger partial charge in [-0.2, -0.15) is 0 Å². The minimum atomic E-state index is 0.0736. The summed E-state index contributed by atoms with van der Waals surface area (Å²) in [4.78, 5) is 0. The van der Waals surface area contributed by atoms with Crippen LogP contribution in [-0.4, -0.2) is 24.4 Å². The zero-order chi connectivity index (χ0) is 13.4. The van der Waals surface area contributed by atoms with Crippen molar-refractivity contribution in [2.75, 3.05) is 13.2 Å². The van der Waals surface area contributed by atoms with E-state index < -0.39 is 0 Å². The number of aliphatic hydroxyl groups excluding tert-OH is 1. The molecule has 18 heavy (non-hydrogen) atoms. The average molecular weight is 268 g/mol. The largest absolute Gasteiger partial charge is 0.481 e. The second-order valence-corrected chi connectivity index (χ2v) is 4.35. The summed E-state index contributed by atoms with van der Waals surface area (Å²) in [5, 5.41) is 13.0. The topological polar surface area (TPSA) is 41.5 Å². The molecule has 1 aromatic rings. The van der Waals surface area contributed by atoms with Crippen molar-refractivity contribution < 1.29 is 9.84 Å². The van der Waals surface area contributed by atoms with Crippen molar-refractivity contribution >= 4 is 11.6 Å². The molecule has 98 valence electrons. The summed E-state index contributed by atoms with van der Waals surface area (Å²) in [7, 11) is 0. The van der Waals surface area contributed by atoms with E-state index in [2.05, 4.69) is 11.2 Å². The van der Waals surface area contributed by atoms with Gasteiger partial charge in [0, 0.05) is 23.2 Å². The molecule has 1 aromatic carbocycles. The maximum absolute atomic E-state index is 9.12. The second-order valence-electron chi connectivity index (χ2n) is 3.91. The minimum Gasteiger partial charge on any atom is -0.481 e. The van der Waals surface area contributed by atoms with Crippen LogP contribution in [0.2, 0.25) is 5.02 Å². The Morgan fingerprint density at radius 3 is 2.94 bits per heavy atom. The van der Waals surface area contributed by atoms with Gasteiger partial charge in [-0.3, -0.25) is 0 Å². The van der Waals surface area contributed by atoms with Crippen molar-refractivity contribution in [1.82, 2.24) is 5.32 Å². The highest BCUT2D eigenvalue weighted by molar-refractivity contribution is 6.30. The van der Waals surface area contributed by atoms with Crippen LogP contribution in [-0.2, 0) is 6.54 Å². The molecule has 4 heteroatoms. The molecule has 0 bridgehead atoms. The van der Waals surface area contributed by atoms with Gasteiger partial charge in [0.25, 0.3) is 0 Å². The quantitative estimate of drug-likeness (QED) is 0.745. The van der Waals surface area contributed by atoms with E-state index in [1.54, 1.807) is 12.1 Å². The highest BCUT2D eigenvalue weighted by Gasteiger charge is 2.08. The maximum Gasteiger partial charge on any atom is 0.148 e. The Bertz CT molecular complexity index is 411. The van der Waals surface area contributed by atoms with Crippen LogP contribution in [0.25, 0.3) is 0 Å². The summed E-state index contributed by atoms with van der Waals surface area (Å²) in [6.45, 7) is 2.94. The molecule has 0 aliphatic carbocycles. The van der Waals surface area contributed by atoms with E-state index >= 15 is 0 Å². The SMILES string of the molecule is C#CCOc1ccc(Cl)cc1CNC(CC)CO. The van der Waals surface area contributed by atoms with E-state index in [1.165, 1.54) is 0 Å². The zero-order valence-electron chi connectivity index (χ0n) is 10.4. The Hall–Kier alpha value is -1.21. The first-order valence-electron chi connectivity index (χ1n) is 5.90. The van der Waals surface area contributed by atoms with Crippen molar-refractivity contribution in [1.29, 1.82) is 0 Å². The van der Waals surface area contributed by atoms with Crippen LogP contribution in [0, 0.1) is 12.3 Å². The number of terminal acetylenes is 1. The lowest BCUT2D eigenvalue weighted by Crippen LogP contribution is -2.31. The van der Waals surface area contributed by atoms with Crippen LogP contribution in [0.3, 0.4) is 0 Å². The molecule has 0 radical (unpaired) electrons. The van der Waals surface area contributed by atoms with Gasteiger partial charge in [0.05, 0.1) is 6.61 Å². The number of nitrogens with one attached hydrogen (secondary N) is 1. The highest BCUT2D eigenvalue weighted by Crippen LogP contribution is 2.23. The predicted molar refractivity (Wildman–Crippen MR) is 73.8 cm³/mol. The number of rotatable bonds is 7. The van der Waals surface area contributed by atoms with Crippen LogP contribution in [0.5, 0.6) is 5.75 Å². The van der Waals surface area contributed by atoms with Crippen molar-refractivity contribution in [3.8, 4) is 18.1 Å². The normalized spacial score (nSPS) is 11.9. The van der Waals surface area contributed by atoms with Gasteiger partial charge in [0.1, 0.15) is 12.4 Å². The molecule has 3 nitrogen and oxygen atoms in total. The van der Waals surface area contributed by atoms with Gasteiger partial charge < -0.3 is 15.2 Å². The fourth-order valence-electron chi connectivity index (χ4n) is 1.54. The second kappa shape index (κ2) is 7.99. The lowest BCUT2D eigenvalue weighted by atomic mass is 10.1. The van der Waals surface area contributed by atoms with Crippen LogP contribution < -0.4 is 10.1 Å². The van der Waals surface area contributed by atoms with Gasteiger partial charge in [-0.15, -0.1) is 6.42 Å². The zero-order valence-corrected chi connectivity index (χ0v) is 11.2. The molecule has 0 aliphatic heterocycles. The molecule has 1 rings (SSSR count). The monoisotopic (exact) mass is 267 g/mol. The lowest BCUT2D eigenvalue weighted by Gasteiger charge is -2.16. The molecule has 0 saturated heterocycles. The number of ether oxygens (including phenoxy) is 1. The Labute approximate surface area is 113 Å². The molecular formula is C14H18ClNO2. The molecule has 1 unspecified atom stereocenters. The number of benzene rings is 1. The Kier molecular flexibility index (Phi) is 6.59. The van der Waals surface area contributed by atoms with Gasteiger partial charge in [-0.1, -0.05) is 24.4 Å². The molecule has 0 spiro atoms. The first-order chi connectivity index (χ1) is 8.71. The number of hydrogen-bond donors (Lipinski definition) is 2. The van der Waals surface area contributed by atoms with Gasteiger partial charge >= 0.3 is 0 Å².